The third-order valence-corrected chi connectivity index (χ3v) is 2.90. The van der Waals surface area contributed by atoms with Gasteiger partial charge in [0.1, 0.15) is 5.75 Å². The average Bonchev–Trinajstić information content (AvgIpc) is 3.03. The molecule has 1 aromatic carbocycles. The molecule has 1 saturated carbocycles. The molecule has 0 spiro atoms. The number of nitrogens with two attached hydrogens (primary N) is 1. The van der Waals surface area contributed by atoms with Crippen molar-refractivity contribution in [3.05, 3.63) is 29.8 Å². The summed E-state index contributed by atoms with van der Waals surface area (Å²) < 4.78 is 5.39. The van der Waals surface area contributed by atoms with E-state index < -0.39 is 0 Å². The lowest BCUT2D eigenvalue weighted by Gasteiger charge is -2.12. The Morgan fingerprint density at radius 2 is 1.94 bits per heavy atom. The molecule has 0 saturated heterocycles. The van der Waals surface area contributed by atoms with Crippen molar-refractivity contribution in [1.82, 2.24) is 0 Å². The molecule has 0 heterocycles. The van der Waals surface area contributed by atoms with Crippen LogP contribution in [0.4, 0.5) is 0 Å². The van der Waals surface area contributed by atoms with Crippen LogP contribution < -0.4 is 10.5 Å². The molecular weight excluding hydrogens is 222 g/mol. The van der Waals surface area contributed by atoms with Gasteiger partial charge in [0.25, 0.3) is 0 Å². The lowest BCUT2D eigenvalue weighted by molar-refractivity contribution is 0.340. The van der Waals surface area contributed by atoms with E-state index in [0.29, 0.717) is 6.61 Å². The Kier molecular flexibility index (Phi) is 5.10. The largest absolute Gasteiger partial charge is 0.494 e. The quantitative estimate of drug-likeness (QED) is 0.859. The van der Waals surface area contributed by atoms with Gasteiger partial charge in [0.15, 0.2) is 0 Å². The van der Waals surface area contributed by atoms with Crippen LogP contribution in [0, 0.1) is 5.92 Å². The summed E-state index contributed by atoms with van der Waals surface area (Å²) in [5, 5.41) is 0. The van der Waals surface area contributed by atoms with Gasteiger partial charge in [-0.15, -0.1) is 12.4 Å². The molecule has 0 radical (unpaired) electrons. The van der Waals surface area contributed by atoms with Crippen molar-refractivity contribution in [3.63, 3.8) is 0 Å². The second kappa shape index (κ2) is 6.12. The standard InChI is InChI=1S/C13H19NO.ClH/c1-2-15-12-7-5-11(6-8-12)13(14)9-10-3-4-10;/h5-8,10,13H,2-4,9,14H2,1H3;1H/t13-;/m0./s1. The zero-order valence-electron chi connectivity index (χ0n) is 9.69. The summed E-state index contributed by atoms with van der Waals surface area (Å²) in [4.78, 5) is 0. The van der Waals surface area contributed by atoms with E-state index >= 15 is 0 Å². The highest BCUT2D eigenvalue weighted by Gasteiger charge is 2.24. The first-order valence-electron chi connectivity index (χ1n) is 5.78. The van der Waals surface area contributed by atoms with Gasteiger partial charge in [-0.2, -0.15) is 0 Å². The van der Waals surface area contributed by atoms with Crippen LogP contribution in [-0.2, 0) is 0 Å². The molecule has 1 aliphatic carbocycles. The van der Waals surface area contributed by atoms with E-state index in [0.717, 1.165) is 18.1 Å². The van der Waals surface area contributed by atoms with Crippen molar-refractivity contribution in [2.75, 3.05) is 6.61 Å². The molecule has 90 valence electrons. The van der Waals surface area contributed by atoms with E-state index in [1.807, 2.05) is 19.1 Å². The molecule has 2 rings (SSSR count). The topological polar surface area (TPSA) is 35.2 Å². The first-order valence-corrected chi connectivity index (χ1v) is 5.78. The van der Waals surface area contributed by atoms with Crippen molar-refractivity contribution >= 4 is 12.4 Å². The molecule has 1 aliphatic rings. The molecular formula is C13H20ClNO. The minimum absolute atomic E-state index is 0. The fourth-order valence-corrected chi connectivity index (χ4v) is 1.83. The third-order valence-electron chi connectivity index (χ3n) is 2.90. The minimum atomic E-state index is 0. The number of benzene rings is 1. The van der Waals surface area contributed by atoms with Gasteiger partial charge in [0, 0.05) is 6.04 Å². The summed E-state index contributed by atoms with van der Waals surface area (Å²) in [6.45, 7) is 2.71. The molecule has 1 aromatic rings. The SMILES string of the molecule is CCOc1ccc([C@@H](N)CC2CC2)cc1.Cl. The molecule has 0 bridgehead atoms. The molecule has 2 N–H and O–H groups in total. The van der Waals surface area contributed by atoms with Crippen molar-refractivity contribution < 1.29 is 4.74 Å². The van der Waals surface area contributed by atoms with E-state index in [-0.39, 0.29) is 18.4 Å². The summed E-state index contributed by atoms with van der Waals surface area (Å²) in [6, 6.07) is 8.38. The zero-order chi connectivity index (χ0) is 10.7. The maximum absolute atomic E-state index is 6.12. The highest BCUT2D eigenvalue weighted by Crippen LogP contribution is 2.36. The van der Waals surface area contributed by atoms with Gasteiger partial charge in [0.2, 0.25) is 0 Å². The van der Waals surface area contributed by atoms with Gasteiger partial charge in [-0.3, -0.25) is 0 Å². The van der Waals surface area contributed by atoms with Crippen LogP contribution >= 0.6 is 12.4 Å². The lowest BCUT2D eigenvalue weighted by atomic mass is 10.0. The first kappa shape index (κ1) is 13.3. The van der Waals surface area contributed by atoms with Crippen LogP contribution in [0.2, 0.25) is 0 Å². The summed E-state index contributed by atoms with van der Waals surface area (Å²) in [6.07, 6.45) is 3.86. The van der Waals surface area contributed by atoms with Gasteiger partial charge in [0.05, 0.1) is 6.61 Å². The van der Waals surface area contributed by atoms with Crippen molar-refractivity contribution in [2.24, 2.45) is 11.7 Å². The lowest BCUT2D eigenvalue weighted by Crippen LogP contribution is -2.10. The second-order valence-electron chi connectivity index (χ2n) is 4.29. The molecule has 1 fully saturated rings. The fraction of sp³-hybridized carbons (Fsp3) is 0.538. The van der Waals surface area contributed by atoms with Gasteiger partial charge in [-0.05, 0) is 37.0 Å². The predicted octanol–water partition coefficient (Wildman–Crippen LogP) is 3.31. The van der Waals surface area contributed by atoms with Crippen LogP contribution in [0.25, 0.3) is 0 Å². The molecule has 1 atom stereocenters. The molecule has 0 amide bonds. The Bertz CT molecular complexity index is 308. The number of ether oxygens (including phenoxy) is 1. The molecule has 0 aliphatic heterocycles. The highest BCUT2D eigenvalue weighted by atomic mass is 35.5. The van der Waals surface area contributed by atoms with Gasteiger partial charge in [-0.1, -0.05) is 25.0 Å². The Morgan fingerprint density at radius 1 is 1.31 bits per heavy atom. The van der Waals surface area contributed by atoms with Gasteiger partial charge in [-0.25, -0.2) is 0 Å². The van der Waals surface area contributed by atoms with Crippen LogP contribution in [0.3, 0.4) is 0 Å². The minimum Gasteiger partial charge on any atom is -0.494 e. The molecule has 0 unspecified atom stereocenters. The molecule has 16 heavy (non-hydrogen) atoms. The summed E-state index contributed by atoms with van der Waals surface area (Å²) >= 11 is 0. The fourth-order valence-electron chi connectivity index (χ4n) is 1.83. The summed E-state index contributed by atoms with van der Waals surface area (Å²) in [7, 11) is 0. The number of hydrogen-bond acceptors (Lipinski definition) is 2. The maximum Gasteiger partial charge on any atom is 0.119 e. The summed E-state index contributed by atoms with van der Waals surface area (Å²) in [5.74, 6) is 1.81. The number of rotatable bonds is 5. The van der Waals surface area contributed by atoms with Gasteiger partial charge >= 0.3 is 0 Å². The molecule has 2 nitrogen and oxygen atoms in total. The summed E-state index contributed by atoms with van der Waals surface area (Å²) in [5.41, 5.74) is 7.35. The number of hydrogen-bond donors (Lipinski definition) is 1. The van der Waals surface area contributed by atoms with Crippen molar-refractivity contribution in [1.29, 1.82) is 0 Å². The van der Waals surface area contributed by atoms with Crippen molar-refractivity contribution in [3.8, 4) is 5.75 Å². The Balaban J connectivity index is 0.00000128. The smallest absolute Gasteiger partial charge is 0.119 e. The van der Waals surface area contributed by atoms with E-state index in [2.05, 4.69) is 12.1 Å². The Hall–Kier alpha value is -0.730. The highest BCUT2D eigenvalue weighted by molar-refractivity contribution is 5.85. The Labute approximate surface area is 104 Å². The van der Waals surface area contributed by atoms with Crippen LogP contribution in [-0.4, -0.2) is 6.61 Å². The Morgan fingerprint density at radius 3 is 2.44 bits per heavy atom. The molecule has 3 heteroatoms. The number of halogens is 1. The first-order chi connectivity index (χ1) is 7.29. The van der Waals surface area contributed by atoms with E-state index in [1.54, 1.807) is 0 Å². The second-order valence-corrected chi connectivity index (χ2v) is 4.29. The van der Waals surface area contributed by atoms with Crippen molar-refractivity contribution in [2.45, 2.75) is 32.2 Å². The van der Waals surface area contributed by atoms with Crippen LogP contribution in [0.15, 0.2) is 24.3 Å². The molecule has 0 aromatic heterocycles. The third kappa shape index (κ3) is 3.69. The van der Waals surface area contributed by atoms with Crippen LogP contribution in [0.1, 0.15) is 37.8 Å². The normalized spacial score (nSPS) is 16.4. The monoisotopic (exact) mass is 241 g/mol. The van der Waals surface area contributed by atoms with E-state index in [1.165, 1.54) is 18.4 Å². The zero-order valence-corrected chi connectivity index (χ0v) is 10.5. The van der Waals surface area contributed by atoms with E-state index in [4.69, 9.17) is 10.5 Å². The predicted molar refractivity (Wildman–Crippen MR) is 69.1 cm³/mol. The van der Waals surface area contributed by atoms with Crippen LogP contribution in [0.5, 0.6) is 5.75 Å². The average molecular weight is 242 g/mol. The van der Waals surface area contributed by atoms with Gasteiger partial charge < -0.3 is 10.5 Å². The maximum atomic E-state index is 6.12. The van der Waals surface area contributed by atoms with E-state index in [9.17, 15) is 0 Å².